The van der Waals surface area contributed by atoms with Crippen LogP contribution in [0.2, 0.25) is 5.02 Å². The van der Waals surface area contributed by atoms with E-state index in [1.807, 2.05) is 35.0 Å². The van der Waals surface area contributed by atoms with E-state index >= 15 is 0 Å². The largest absolute Gasteiger partial charge is 0.354 e. The van der Waals surface area contributed by atoms with Crippen LogP contribution < -0.4 is 16.0 Å². The highest BCUT2D eigenvalue weighted by Gasteiger charge is 2.27. The van der Waals surface area contributed by atoms with Gasteiger partial charge in [-0.25, -0.2) is 0 Å². The van der Waals surface area contributed by atoms with Crippen molar-refractivity contribution >= 4 is 45.9 Å². The molecule has 3 N–H and O–H groups in total. The highest BCUT2D eigenvalue weighted by Crippen LogP contribution is 2.21. The standard InChI is InChI=1S/C22H21ClN4O3/c23-15-6-5-14-9-11-27(19(14)13-15)12-10-24-20(28)8-7-18-22(30)25-17-4-2-1-3-16(17)21(29)26-18/h1-6,9,11,13,18H,7-8,10,12H2,(H,24,28)(H,25,30)(H,26,29). The Balaban J connectivity index is 1.28. The molecule has 154 valence electrons. The summed E-state index contributed by atoms with van der Waals surface area (Å²) in [5.41, 5.74) is 1.90. The number of rotatable bonds is 6. The molecule has 4 rings (SSSR count). The van der Waals surface area contributed by atoms with Crippen LogP contribution in [0.1, 0.15) is 23.2 Å². The molecule has 0 aliphatic carbocycles. The zero-order chi connectivity index (χ0) is 21.1. The Hall–Kier alpha value is -3.32. The van der Waals surface area contributed by atoms with Crippen molar-refractivity contribution < 1.29 is 14.4 Å². The lowest BCUT2D eigenvalue weighted by Gasteiger charge is -2.14. The van der Waals surface area contributed by atoms with Gasteiger partial charge in [0, 0.05) is 36.2 Å². The molecule has 3 aromatic rings. The molecule has 0 fully saturated rings. The van der Waals surface area contributed by atoms with Crippen LogP contribution in [-0.2, 0) is 16.1 Å². The predicted octanol–water partition coefficient (Wildman–Crippen LogP) is 2.94. The Labute approximate surface area is 178 Å². The van der Waals surface area contributed by atoms with Gasteiger partial charge in [0.1, 0.15) is 6.04 Å². The van der Waals surface area contributed by atoms with E-state index in [9.17, 15) is 14.4 Å². The summed E-state index contributed by atoms with van der Waals surface area (Å²) in [6.07, 6.45) is 2.31. The minimum absolute atomic E-state index is 0.132. The van der Waals surface area contributed by atoms with Crippen molar-refractivity contribution in [2.24, 2.45) is 0 Å². The monoisotopic (exact) mass is 424 g/mol. The molecule has 0 saturated heterocycles. The molecule has 1 atom stereocenters. The Morgan fingerprint density at radius 3 is 2.83 bits per heavy atom. The van der Waals surface area contributed by atoms with Crippen LogP contribution in [0.3, 0.4) is 0 Å². The van der Waals surface area contributed by atoms with Crippen LogP contribution in [0.25, 0.3) is 10.9 Å². The zero-order valence-corrected chi connectivity index (χ0v) is 16.9. The SMILES string of the molecule is O=C(CCC1NC(=O)c2ccccc2NC1=O)NCCn1ccc2ccc(Cl)cc21. The minimum atomic E-state index is -0.758. The van der Waals surface area contributed by atoms with Gasteiger partial charge in [0.15, 0.2) is 0 Å². The maximum atomic E-state index is 12.4. The van der Waals surface area contributed by atoms with Gasteiger partial charge in [0.05, 0.1) is 11.3 Å². The molecule has 3 amide bonds. The second kappa shape index (κ2) is 8.59. The molecule has 30 heavy (non-hydrogen) atoms. The Morgan fingerprint density at radius 2 is 1.97 bits per heavy atom. The summed E-state index contributed by atoms with van der Waals surface area (Å²) in [6, 6.07) is 13.8. The number of nitrogens with one attached hydrogen (secondary N) is 3. The van der Waals surface area contributed by atoms with E-state index in [-0.39, 0.29) is 30.6 Å². The first-order chi connectivity index (χ1) is 14.5. The van der Waals surface area contributed by atoms with Crippen LogP contribution in [0.5, 0.6) is 0 Å². The molecule has 0 bridgehead atoms. The molecule has 2 heterocycles. The van der Waals surface area contributed by atoms with Crippen molar-refractivity contribution in [2.45, 2.75) is 25.4 Å². The molecular weight excluding hydrogens is 404 g/mol. The number of amides is 3. The first-order valence-electron chi connectivity index (χ1n) is 9.73. The summed E-state index contributed by atoms with van der Waals surface area (Å²) >= 11 is 6.06. The van der Waals surface area contributed by atoms with E-state index in [1.165, 1.54) is 0 Å². The third-order valence-electron chi connectivity index (χ3n) is 5.12. The quantitative estimate of drug-likeness (QED) is 0.568. The molecule has 2 aromatic carbocycles. The fourth-order valence-electron chi connectivity index (χ4n) is 3.55. The van der Waals surface area contributed by atoms with E-state index in [2.05, 4.69) is 16.0 Å². The number of carbonyl (C=O) groups is 3. The van der Waals surface area contributed by atoms with Gasteiger partial charge in [0.25, 0.3) is 5.91 Å². The van der Waals surface area contributed by atoms with Gasteiger partial charge >= 0.3 is 0 Å². The Kier molecular flexibility index (Phi) is 5.72. The number of aromatic nitrogens is 1. The number of hydrogen-bond donors (Lipinski definition) is 3. The lowest BCUT2D eigenvalue weighted by Crippen LogP contribution is -2.42. The number of nitrogens with zero attached hydrogens (tertiary/aromatic N) is 1. The average molecular weight is 425 g/mol. The summed E-state index contributed by atoms with van der Waals surface area (Å²) in [7, 11) is 0. The summed E-state index contributed by atoms with van der Waals surface area (Å²) in [6.45, 7) is 1.05. The molecule has 0 saturated carbocycles. The number of anilines is 1. The van der Waals surface area contributed by atoms with Crippen LogP contribution >= 0.6 is 11.6 Å². The van der Waals surface area contributed by atoms with Crippen molar-refractivity contribution in [1.82, 2.24) is 15.2 Å². The molecule has 1 unspecified atom stereocenters. The molecule has 0 radical (unpaired) electrons. The van der Waals surface area contributed by atoms with Crippen LogP contribution in [-0.4, -0.2) is 34.9 Å². The number of para-hydroxylation sites is 1. The molecule has 1 aromatic heterocycles. The van der Waals surface area contributed by atoms with Gasteiger partial charge in [-0.1, -0.05) is 29.8 Å². The minimum Gasteiger partial charge on any atom is -0.354 e. The molecule has 8 heteroatoms. The topological polar surface area (TPSA) is 92.2 Å². The summed E-state index contributed by atoms with van der Waals surface area (Å²) in [5.74, 6) is -0.822. The molecule has 1 aliphatic rings. The fourth-order valence-corrected chi connectivity index (χ4v) is 3.71. The Morgan fingerprint density at radius 1 is 1.13 bits per heavy atom. The molecule has 0 spiro atoms. The molecule has 7 nitrogen and oxygen atoms in total. The van der Waals surface area contributed by atoms with E-state index in [0.29, 0.717) is 29.4 Å². The second-order valence-corrected chi connectivity index (χ2v) is 7.60. The van der Waals surface area contributed by atoms with Crippen LogP contribution in [0.4, 0.5) is 5.69 Å². The lowest BCUT2D eigenvalue weighted by molar-refractivity contribution is -0.121. The summed E-state index contributed by atoms with van der Waals surface area (Å²) in [4.78, 5) is 36.9. The third kappa shape index (κ3) is 4.31. The Bertz CT molecular complexity index is 1120. The summed E-state index contributed by atoms with van der Waals surface area (Å²) in [5, 5.41) is 10.0. The summed E-state index contributed by atoms with van der Waals surface area (Å²) < 4.78 is 2.03. The molecule has 1 aliphatic heterocycles. The van der Waals surface area contributed by atoms with E-state index in [4.69, 9.17) is 11.6 Å². The first-order valence-corrected chi connectivity index (χ1v) is 10.1. The number of carbonyl (C=O) groups excluding carboxylic acids is 3. The van der Waals surface area contributed by atoms with Gasteiger partial charge in [-0.2, -0.15) is 0 Å². The van der Waals surface area contributed by atoms with Gasteiger partial charge in [-0.05, 0) is 42.1 Å². The maximum Gasteiger partial charge on any atom is 0.254 e. The van der Waals surface area contributed by atoms with Gasteiger partial charge in [-0.3, -0.25) is 14.4 Å². The van der Waals surface area contributed by atoms with Crippen molar-refractivity contribution in [3.8, 4) is 0 Å². The smallest absolute Gasteiger partial charge is 0.254 e. The third-order valence-corrected chi connectivity index (χ3v) is 5.36. The number of hydrogen-bond acceptors (Lipinski definition) is 3. The van der Waals surface area contributed by atoms with Crippen molar-refractivity contribution in [3.63, 3.8) is 0 Å². The average Bonchev–Trinajstić information content (AvgIpc) is 3.07. The fraction of sp³-hybridized carbons (Fsp3) is 0.227. The number of halogens is 1. The predicted molar refractivity (Wildman–Crippen MR) is 116 cm³/mol. The second-order valence-electron chi connectivity index (χ2n) is 7.16. The van der Waals surface area contributed by atoms with Crippen molar-refractivity contribution in [1.29, 1.82) is 0 Å². The van der Waals surface area contributed by atoms with Crippen molar-refractivity contribution in [2.75, 3.05) is 11.9 Å². The van der Waals surface area contributed by atoms with Crippen LogP contribution in [0.15, 0.2) is 54.7 Å². The van der Waals surface area contributed by atoms with E-state index < -0.39 is 6.04 Å². The van der Waals surface area contributed by atoms with E-state index in [1.54, 1.807) is 24.3 Å². The number of fused-ring (bicyclic) bond motifs is 2. The highest BCUT2D eigenvalue weighted by molar-refractivity contribution is 6.31. The normalized spacial score (nSPS) is 15.8. The molecular formula is C22H21ClN4O3. The highest BCUT2D eigenvalue weighted by atomic mass is 35.5. The van der Waals surface area contributed by atoms with E-state index in [0.717, 1.165) is 10.9 Å². The van der Waals surface area contributed by atoms with Gasteiger partial charge in [0.2, 0.25) is 11.8 Å². The lowest BCUT2D eigenvalue weighted by atomic mass is 10.1. The van der Waals surface area contributed by atoms with Gasteiger partial charge < -0.3 is 20.5 Å². The maximum absolute atomic E-state index is 12.4. The van der Waals surface area contributed by atoms with Crippen molar-refractivity contribution in [3.05, 3.63) is 65.3 Å². The van der Waals surface area contributed by atoms with Crippen LogP contribution in [0, 0.1) is 0 Å². The number of benzene rings is 2. The van der Waals surface area contributed by atoms with Gasteiger partial charge in [-0.15, -0.1) is 0 Å². The zero-order valence-electron chi connectivity index (χ0n) is 16.2. The first kappa shape index (κ1) is 20.0.